The molecule has 0 saturated carbocycles. The fourth-order valence-electron chi connectivity index (χ4n) is 1.99. The Morgan fingerprint density at radius 3 is 2.70 bits per heavy atom. The highest BCUT2D eigenvalue weighted by Gasteiger charge is 2.18. The Kier molecular flexibility index (Phi) is 5.89. The van der Waals surface area contributed by atoms with Gasteiger partial charge in [0.15, 0.2) is 0 Å². The standard InChI is InChI=1S/C16H24N2O2/c1-12-7-13(10-17-9-12)5-6-15(20)18-14(11-19)8-16(2,3)4/h5-7,9-10,14,19H,8,11H2,1-4H3,(H,18,20)/b6-5+. The van der Waals surface area contributed by atoms with Gasteiger partial charge >= 0.3 is 0 Å². The van der Waals surface area contributed by atoms with Gasteiger partial charge in [-0.15, -0.1) is 0 Å². The first-order valence-corrected chi connectivity index (χ1v) is 6.81. The van der Waals surface area contributed by atoms with E-state index >= 15 is 0 Å². The van der Waals surface area contributed by atoms with Gasteiger partial charge < -0.3 is 10.4 Å². The molecule has 2 N–H and O–H groups in total. The largest absolute Gasteiger partial charge is 0.394 e. The van der Waals surface area contributed by atoms with Gasteiger partial charge in [-0.05, 0) is 42.0 Å². The molecule has 110 valence electrons. The van der Waals surface area contributed by atoms with E-state index in [1.807, 2.05) is 13.0 Å². The molecule has 1 heterocycles. The molecular weight excluding hydrogens is 252 g/mol. The number of amides is 1. The summed E-state index contributed by atoms with van der Waals surface area (Å²) in [5.41, 5.74) is 2.00. The minimum absolute atomic E-state index is 0.0527. The fourth-order valence-corrected chi connectivity index (χ4v) is 1.99. The lowest BCUT2D eigenvalue weighted by Crippen LogP contribution is -2.39. The zero-order valence-electron chi connectivity index (χ0n) is 12.7. The van der Waals surface area contributed by atoms with Gasteiger partial charge in [0, 0.05) is 18.5 Å². The molecule has 1 unspecified atom stereocenters. The van der Waals surface area contributed by atoms with E-state index in [0.29, 0.717) is 0 Å². The van der Waals surface area contributed by atoms with Crippen molar-refractivity contribution in [1.29, 1.82) is 0 Å². The Morgan fingerprint density at radius 2 is 2.15 bits per heavy atom. The van der Waals surface area contributed by atoms with Crippen LogP contribution in [0.15, 0.2) is 24.5 Å². The summed E-state index contributed by atoms with van der Waals surface area (Å²) < 4.78 is 0. The monoisotopic (exact) mass is 276 g/mol. The van der Waals surface area contributed by atoms with Crippen LogP contribution in [0.3, 0.4) is 0 Å². The molecule has 0 aliphatic carbocycles. The summed E-state index contributed by atoms with van der Waals surface area (Å²) in [6.07, 6.45) is 7.40. The Hall–Kier alpha value is -1.68. The Labute approximate surface area is 120 Å². The number of carbonyl (C=O) groups excluding carboxylic acids is 1. The summed E-state index contributed by atoms with van der Waals surface area (Å²) in [6.45, 7) is 8.14. The summed E-state index contributed by atoms with van der Waals surface area (Å²) in [4.78, 5) is 15.9. The predicted octanol–water partition coefficient (Wildman–Crippen LogP) is 2.32. The lowest BCUT2D eigenvalue weighted by molar-refractivity contribution is -0.117. The molecular formula is C16H24N2O2. The maximum atomic E-state index is 11.8. The molecule has 0 spiro atoms. The van der Waals surface area contributed by atoms with Crippen LogP contribution in [0, 0.1) is 12.3 Å². The summed E-state index contributed by atoms with van der Waals surface area (Å²) in [6, 6.07) is 1.73. The lowest BCUT2D eigenvalue weighted by Gasteiger charge is -2.24. The van der Waals surface area contributed by atoms with Crippen molar-refractivity contribution in [1.82, 2.24) is 10.3 Å². The van der Waals surface area contributed by atoms with Gasteiger partial charge in [-0.3, -0.25) is 9.78 Å². The number of aromatic nitrogens is 1. The van der Waals surface area contributed by atoms with Gasteiger partial charge in [-0.1, -0.05) is 20.8 Å². The van der Waals surface area contributed by atoms with E-state index in [2.05, 4.69) is 31.1 Å². The lowest BCUT2D eigenvalue weighted by atomic mass is 9.88. The van der Waals surface area contributed by atoms with Crippen LogP contribution < -0.4 is 5.32 Å². The number of pyridine rings is 1. The van der Waals surface area contributed by atoms with E-state index in [4.69, 9.17) is 0 Å². The van der Waals surface area contributed by atoms with Crippen LogP contribution in [-0.4, -0.2) is 28.6 Å². The molecule has 0 bridgehead atoms. The smallest absolute Gasteiger partial charge is 0.244 e. The minimum atomic E-state index is -0.220. The maximum absolute atomic E-state index is 11.8. The van der Waals surface area contributed by atoms with E-state index in [0.717, 1.165) is 17.5 Å². The molecule has 0 aromatic carbocycles. The number of aliphatic hydroxyl groups excluding tert-OH is 1. The van der Waals surface area contributed by atoms with Gasteiger partial charge in [0.2, 0.25) is 5.91 Å². The maximum Gasteiger partial charge on any atom is 0.244 e. The number of hydrogen-bond donors (Lipinski definition) is 2. The third-order valence-corrected chi connectivity index (χ3v) is 2.75. The van der Waals surface area contributed by atoms with Crippen molar-refractivity contribution in [3.05, 3.63) is 35.7 Å². The first kappa shape index (κ1) is 16.4. The van der Waals surface area contributed by atoms with Crippen LogP contribution in [0.4, 0.5) is 0 Å². The van der Waals surface area contributed by atoms with Crippen LogP contribution >= 0.6 is 0 Å². The van der Waals surface area contributed by atoms with E-state index in [-0.39, 0.29) is 24.0 Å². The third-order valence-electron chi connectivity index (χ3n) is 2.75. The normalized spacial score (nSPS) is 13.4. The van der Waals surface area contributed by atoms with Crippen molar-refractivity contribution in [3.8, 4) is 0 Å². The number of hydrogen-bond acceptors (Lipinski definition) is 3. The zero-order valence-corrected chi connectivity index (χ0v) is 12.7. The molecule has 0 fully saturated rings. The molecule has 1 aromatic heterocycles. The van der Waals surface area contributed by atoms with E-state index in [1.54, 1.807) is 18.5 Å². The van der Waals surface area contributed by atoms with Crippen LogP contribution in [0.1, 0.15) is 38.3 Å². The second kappa shape index (κ2) is 7.20. The third kappa shape index (κ3) is 6.48. The number of carbonyl (C=O) groups is 1. The van der Waals surface area contributed by atoms with Crippen molar-refractivity contribution in [3.63, 3.8) is 0 Å². The second-order valence-corrected chi connectivity index (χ2v) is 6.28. The molecule has 1 amide bonds. The molecule has 4 heteroatoms. The van der Waals surface area contributed by atoms with Crippen molar-refractivity contribution in [2.24, 2.45) is 5.41 Å². The van der Waals surface area contributed by atoms with Gasteiger partial charge in [-0.25, -0.2) is 0 Å². The number of aryl methyl sites for hydroxylation is 1. The van der Waals surface area contributed by atoms with Crippen LogP contribution in [0.25, 0.3) is 6.08 Å². The minimum Gasteiger partial charge on any atom is -0.394 e. The Balaban J connectivity index is 2.58. The van der Waals surface area contributed by atoms with Gasteiger partial charge in [0.05, 0.1) is 12.6 Å². The average Bonchev–Trinajstić information content (AvgIpc) is 2.34. The second-order valence-electron chi connectivity index (χ2n) is 6.28. The molecule has 1 rings (SSSR count). The number of nitrogens with zero attached hydrogens (tertiary/aromatic N) is 1. The number of aliphatic hydroxyl groups is 1. The molecule has 1 atom stereocenters. The SMILES string of the molecule is Cc1cncc(/C=C/C(=O)NC(CO)CC(C)(C)C)c1. The van der Waals surface area contributed by atoms with Crippen LogP contribution in [0.2, 0.25) is 0 Å². The van der Waals surface area contributed by atoms with Gasteiger partial charge in [-0.2, -0.15) is 0 Å². The Bertz CT molecular complexity index is 476. The van der Waals surface area contributed by atoms with Crippen LogP contribution in [-0.2, 0) is 4.79 Å². The summed E-state index contributed by atoms with van der Waals surface area (Å²) in [5.74, 6) is -0.199. The molecule has 0 radical (unpaired) electrons. The van der Waals surface area contributed by atoms with Crippen molar-refractivity contribution in [2.75, 3.05) is 6.61 Å². The van der Waals surface area contributed by atoms with E-state index in [1.165, 1.54) is 6.08 Å². The topological polar surface area (TPSA) is 62.2 Å². The first-order valence-electron chi connectivity index (χ1n) is 6.81. The summed E-state index contributed by atoms with van der Waals surface area (Å²) >= 11 is 0. The van der Waals surface area contributed by atoms with E-state index in [9.17, 15) is 9.90 Å². The zero-order chi connectivity index (χ0) is 15.2. The molecule has 0 aliphatic heterocycles. The first-order chi connectivity index (χ1) is 9.30. The Morgan fingerprint density at radius 1 is 1.45 bits per heavy atom. The average molecular weight is 276 g/mol. The van der Waals surface area contributed by atoms with Gasteiger partial charge in [0.1, 0.15) is 0 Å². The molecule has 4 nitrogen and oxygen atoms in total. The van der Waals surface area contributed by atoms with Gasteiger partial charge in [0.25, 0.3) is 0 Å². The fraction of sp³-hybridized carbons (Fsp3) is 0.500. The molecule has 0 aliphatic rings. The highest BCUT2D eigenvalue weighted by atomic mass is 16.3. The molecule has 1 aromatic rings. The number of rotatable bonds is 5. The van der Waals surface area contributed by atoms with Crippen molar-refractivity contribution < 1.29 is 9.90 Å². The van der Waals surface area contributed by atoms with Crippen LogP contribution in [0.5, 0.6) is 0 Å². The van der Waals surface area contributed by atoms with Crippen molar-refractivity contribution in [2.45, 2.75) is 40.2 Å². The van der Waals surface area contributed by atoms with E-state index < -0.39 is 0 Å². The molecule has 20 heavy (non-hydrogen) atoms. The summed E-state index contributed by atoms with van der Waals surface area (Å²) in [7, 11) is 0. The summed E-state index contributed by atoms with van der Waals surface area (Å²) in [5, 5.41) is 12.1. The predicted molar refractivity (Wildman–Crippen MR) is 81.1 cm³/mol. The highest BCUT2D eigenvalue weighted by molar-refractivity contribution is 5.91. The number of nitrogens with one attached hydrogen (secondary N) is 1. The molecule has 0 saturated heterocycles. The van der Waals surface area contributed by atoms with Crippen molar-refractivity contribution >= 4 is 12.0 Å². The highest BCUT2D eigenvalue weighted by Crippen LogP contribution is 2.20. The quantitative estimate of drug-likeness (QED) is 0.811.